The third kappa shape index (κ3) is 4.96. The normalized spacial score (nSPS) is 14.1. The van der Waals surface area contributed by atoms with Gasteiger partial charge in [0.25, 0.3) is 0 Å². The molecule has 0 unspecified atom stereocenters. The number of para-hydroxylation sites is 1. The van der Waals surface area contributed by atoms with Crippen LogP contribution in [0.1, 0.15) is 41.1 Å². The molecule has 4 rings (SSSR count). The van der Waals surface area contributed by atoms with Crippen molar-refractivity contribution < 1.29 is 9.59 Å². The lowest BCUT2D eigenvalue weighted by molar-refractivity contribution is -0.127. The highest BCUT2D eigenvalue weighted by atomic mass is 32.1. The molecule has 0 fully saturated rings. The van der Waals surface area contributed by atoms with Crippen molar-refractivity contribution in [3.05, 3.63) is 69.7 Å². The lowest BCUT2D eigenvalue weighted by atomic mass is 9.95. The molecular formula is C25H29N3O2S. The Hall–Kier alpha value is -2.73. The number of fused-ring (bicyclic) bond motifs is 1. The van der Waals surface area contributed by atoms with Gasteiger partial charge in [-0.15, -0.1) is 11.3 Å². The fourth-order valence-electron chi connectivity index (χ4n) is 4.47. The summed E-state index contributed by atoms with van der Waals surface area (Å²) in [5.41, 5.74) is 4.40. The van der Waals surface area contributed by atoms with Crippen LogP contribution in [-0.4, -0.2) is 28.5 Å². The van der Waals surface area contributed by atoms with Crippen molar-refractivity contribution in [2.45, 2.75) is 52.0 Å². The maximum atomic E-state index is 13.4. The summed E-state index contributed by atoms with van der Waals surface area (Å²) >= 11 is 1.63. The molecule has 2 heterocycles. The number of carbonyl (C=O) groups is 2. The third-order valence-electron chi connectivity index (χ3n) is 6.11. The van der Waals surface area contributed by atoms with Gasteiger partial charge in [0, 0.05) is 29.7 Å². The minimum Gasteiger partial charge on any atom is -0.315 e. The molecule has 0 bridgehead atoms. The zero-order valence-electron chi connectivity index (χ0n) is 18.2. The first-order valence-electron chi connectivity index (χ1n) is 10.9. The number of aryl methyl sites for hydroxylation is 1. The fourth-order valence-corrected chi connectivity index (χ4v) is 5.26. The maximum absolute atomic E-state index is 13.4. The van der Waals surface area contributed by atoms with Crippen molar-refractivity contribution in [3.63, 3.8) is 0 Å². The van der Waals surface area contributed by atoms with Gasteiger partial charge in [-0.25, -0.2) is 0 Å². The smallest absolute Gasteiger partial charge is 0.230 e. The minimum atomic E-state index is -0.385. The lowest BCUT2D eigenvalue weighted by Crippen LogP contribution is -2.35. The predicted molar refractivity (Wildman–Crippen MR) is 125 cm³/mol. The number of anilines is 1. The van der Waals surface area contributed by atoms with Crippen LogP contribution in [0, 0.1) is 12.8 Å². The van der Waals surface area contributed by atoms with Gasteiger partial charge in [-0.05, 0) is 68.2 Å². The summed E-state index contributed by atoms with van der Waals surface area (Å²) in [5, 5.41) is 6.66. The van der Waals surface area contributed by atoms with E-state index in [4.69, 9.17) is 0 Å². The Bertz CT molecular complexity index is 1040. The van der Waals surface area contributed by atoms with Crippen molar-refractivity contribution in [1.29, 1.82) is 0 Å². The molecule has 0 N–H and O–H groups in total. The first-order chi connectivity index (χ1) is 15.0. The highest BCUT2D eigenvalue weighted by molar-refractivity contribution is 7.09. The minimum absolute atomic E-state index is 0.0216. The van der Waals surface area contributed by atoms with E-state index in [0.29, 0.717) is 6.42 Å². The standard InChI is InChI=1S/C25H29N3O2S/c1-18-23-12-6-7-13-24(23)28(26-18)17-21(29)15-19(16-22-11-8-14-31-22)25(30)27(2)20-9-4-3-5-10-20/h3-5,8-11,14,19H,6-7,12-13,15-17H2,1-2H3/t19-/m0/s1. The quantitative estimate of drug-likeness (QED) is 0.519. The molecule has 5 nitrogen and oxygen atoms in total. The van der Waals surface area contributed by atoms with Gasteiger partial charge < -0.3 is 4.90 Å². The van der Waals surface area contributed by atoms with E-state index in [-0.39, 0.29) is 30.6 Å². The Morgan fingerprint density at radius 3 is 2.65 bits per heavy atom. The summed E-state index contributed by atoms with van der Waals surface area (Å²) in [5.74, 6) is -0.345. The lowest BCUT2D eigenvalue weighted by Gasteiger charge is -2.23. The SMILES string of the molecule is Cc1nn(CC(=O)C[C@@H](Cc2cccs2)C(=O)N(C)c2ccccc2)c2c1CCCC2. The van der Waals surface area contributed by atoms with Crippen molar-refractivity contribution in [2.75, 3.05) is 11.9 Å². The first-order valence-corrected chi connectivity index (χ1v) is 11.8. The average Bonchev–Trinajstić information content (AvgIpc) is 3.41. The summed E-state index contributed by atoms with van der Waals surface area (Å²) in [6.45, 7) is 2.28. The van der Waals surface area contributed by atoms with E-state index >= 15 is 0 Å². The summed E-state index contributed by atoms with van der Waals surface area (Å²) in [4.78, 5) is 29.2. The summed E-state index contributed by atoms with van der Waals surface area (Å²) in [7, 11) is 1.79. The predicted octanol–water partition coefficient (Wildman–Crippen LogP) is 4.61. The summed E-state index contributed by atoms with van der Waals surface area (Å²) in [6, 6.07) is 13.6. The van der Waals surface area contributed by atoms with Crippen LogP contribution < -0.4 is 4.90 Å². The molecule has 162 valence electrons. The van der Waals surface area contributed by atoms with Crippen LogP contribution in [0.15, 0.2) is 47.8 Å². The second-order valence-electron chi connectivity index (χ2n) is 8.33. The monoisotopic (exact) mass is 435 g/mol. The van der Waals surface area contributed by atoms with Gasteiger partial charge in [0.05, 0.1) is 18.2 Å². The van der Waals surface area contributed by atoms with E-state index in [1.807, 2.05) is 59.5 Å². The first kappa shape index (κ1) is 21.5. The van der Waals surface area contributed by atoms with E-state index < -0.39 is 0 Å². The van der Waals surface area contributed by atoms with Gasteiger partial charge in [-0.1, -0.05) is 24.3 Å². The second kappa shape index (κ2) is 9.60. The molecule has 0 saturated carbocycles. The topological polar surface area (TPSA) is 55.2 Å². The Kier molecular flexibility index (Phi) is 6.66. The molecule has 1 aromatic carbocycles. The number of aromatic nitrogens is 2. The number of thiophene rings is 1. The Balaban J connectivity index is 1.50. The number of benzene rings is 1. The molecule has 2 aromatic heterocycles. The van der Waals surface area contributed by atoms with Crippen molar-refractivity contribution in [2.24, 2.45) is 5.92 Å². The largest absolute Gasteiger partial charge is 0.315 e. The summed E-state index contributed by atoms with van der Waals surface area (Å²) < 4.78 is 1.89. The van der Waals surface area contributed by atoms with E-state index in [0.717, 1.165) is 35.5 Å². The molecule has 3 aromatic rings. The number of hydrogen-bond acceptors (Lipinski definition) is 4. The van der Waals surface area contributed by atoms with E-state index in [1.54, 1.807) is 23.3 Å². The van der Waals surface area contributed by atoms with Gasteiger partial charge in [0.15, 0.2) is 5.78 Å². The molecule has 0 saturated heterocycles. The van der Waals surface area contributed by atoms with Crippen molar-refractivity contribution >= 4 is 28.7 Å². The van der Waals surface area contributed by atoms with Crippen LogP contribution in [0.4, 0.5) is 5.69 Å². The van der Waals surface area contributed by atoms with Gasteiger partial charge in [0.1, 0.15) is 0 Å². The molecule has 0 spiro atoms. The Labute approximate surface area is 187 Å². The zero-order valence-corrected chi connectivity index (χ0v) is 19.0. The molecule has 1 aliphatic carbocycles. The second-order valence-corrected chi connectivity index (χ2v) is 9.36. The number of nitrogens with zero attached hydrogens (tertiary/aromatic N) is 3. The van der Waals surface area contributed by atoms with Crippen LogP contribution in [0.5, 0.6) is 0 Å². The maximum Gasteiger partial charge on any atom is 0.230 e. The van der Waals surface area contributed by atoms with Gasteiger partial charge >= 0.3 is 0 Å². The number of ketones is 1. The van der Waals surface area contributed by atoms with Gasteiger partial charge in [0.2, 0.25) is 5.91 Å². The number of rotatable bonds is 8. The van der Waals surface area contributed by atoms with Crippen molar-refractivity contribution in [3.8, 4) is 0 Å². The Morgan fingerprint density at radius 2 is 1.90 bits per heavy atom. The molecular weight excluding hydrogens is 406 g/mol. The van der Waals surface area contributed by atoms with Gasteiger partial charge in [-0.2, -0.15) is 5.10 Å². The van der Waals surface area contributed by atoms with E-state index in [1.165, 1.54) is 17.7 Å². The van der Waals surface area contributed by atoms with E-state index in [9.17, 15) is 9.59 Å². The van der Waals surface area contributed by atoms with Crippen LogP contribution >= 0.6 is 11.3 Å². The molecule has 31 heavy (non-hydrogen) atoms. The summed E-state index contributed by atoms with van der Waals surface area (Å²) in [6.07, 6.45) is 5.18. The van der Waals surface area contributed by atoms with Crippen LogP contribution in [-0.2, 0) is 35.4 Å². The Morgan fingerprint density at radius 1 is 1.13 bits per heavy atom. The number of hydrogen-bond donors (Lipinski definition) is 0. The molecule has 6 heteroatoms. The molecule has 0 radical (unpaired) electrons. The molecule has 0 aliphatic heterocycles. The number of amides is 1. The third-order valence-corrected chi connectivity index (χ3v) is 7.01. The molecule has 1 amide bonds. The number of carbonyl (C=O) groups excluding carboxylic acids is 2. The van der Waals surface area contributed by atoms with E-state index in [2.05, 4.69) is 5.10 Å². The van der Waals surface area contributed by atoms with Crippen molar-refractivity contribution in [1.82, 2.24) is 9.78 Å². The van der Waals surface area contributed by atoms with Crippen LogP contribution in [0.3, 0.4) is 0 Å². The highest BCUT2D eigenvalue weighted by Gasteiger charge is 2.27. The van der Waals surface area contributed by atoms with Gasteiger partial charge in [-0.3, -0.25) is 14.3 Å². The fraction of sp³-hybridized carbons (Fsp3) is 0.400. The zero-order chi connectivity index (χ0) is 21.8. The van der Waals surface area contributed by atoms with Crippen LogP contribution in [0.25, 0.3) is 0 Å². The number of Topliss-reactive ketones (excluding diaryl/α,β-unsaturated/α-hetero) is 1. The average molecular weight is 436 g/mol. The molecule has 1 aliphatic rings. The highest BCUT2D eigenvalue weighted by Crippen LogP contribution is 2.25. The van der Waals surface area contributed by atoms with Crippen LogP contribution in [0.2, 0.25) is 0 Å². The molecule has 1 atom stereocenters.